The van der Waals surface area contributed by atoms with Gasteiger partial charge in [0, 0.05) is 19.0 Å². The van der Waals surface area contributed by atoms with E-state index in [0.29, 0.717) is 13.0 Å². The van der Waals surface area contributed by atoms with Crippen LogP contribution in [0.2, 0.25) is 0 Å². The molecule has 0 heterocycles. The molecule has 0 aromatic heterocycles. The summed E-state index contributed by atoms with van der Waals surface area (Å²) in [6.45, 7) is 5.33. The Morgan fingerprint density at radius 3 is 2.75 bits per heavy atom. The lowest BCUT2D eigenvalue weighted by Crippen LogP contribution is -2.36. The highest BCUT2D eigenvalue weighted by atomic mass is 16.3. The van der Waals surface area contributed by atoms with Crippen molar-refractivity contribution < 1.29 is 9.90 Å². The van der Waals surface area contributed by atoms with Gasteiger partial charge in [-0.25, -0.2) is 0 Å². The maximum Gasteiger partial charge on any atom is 0.221 e. The largest absolute Gasteiger partial charge is 0.394 e. The van der Waals surface area contributed by atoms with E-state index in [9.17, 15) is 4.79 Å². The third kappa shape index (κ3) is 6.12. The van der Waals surface area contributed by atoms with Crippen molar-refractivity contribution in [2.24, 2.45) is 0 Å². The Hall–Kier alpha value is -0.610. The summed E-state index contributed by atoms with van der Waals surface area (Å²) in [6.07, 6.45) is 0.470. The Morgan fingerprint density at radius 1 is 1.58 bits per heavy atom. The van der Waals surface area contributed by atoms with Gasteiger partial charge < -0.3 is 15.7 Å². The summed E-state index contributed by atoms with van der Waals surface area (Å²) in [4.78, 5) is 11.0. The number of hydrogen-bond donors (Lipinski definition) is 3. The first-order valence-electron chi connectivity index (χ1n) is 4.31. The van der Waals surface area contributed by atoms with E-state index >= 15 is 0 Å². The summed E-state index contributed by atoms with van der Waals surface area (Å²) in [5.74, 6) is -0.0162. The second-order valence-electron chi connectivity index (χ2n) is 2.75. The van der Waals surface area contributed by atoms with Crippen molar-refractivity contribution >= 4 is 5.91 Å². The first kappa shape index (κ1) is 11.4. The normalized spacial score (nSPS) is 12.6. The minimum absolute atomic E-state index is 0.00700. The van der Waals surface area contributed by atoms with Gasteiger partial charge in [0.05, 0.1) is 6.61 Å². The van der Waals surface area contributed by atoms with E-state index in [1.807, 2.05) is 6.92 Å². The summed E-state index contributed by atoms with van der Waals surface area (Å²) in [5.41, 5.74) is 0. The second-order valence-corrected chi connectivity index (χ2v) is 2.75. The minimum atomic E-state index is -0.140. The second kappa shape index (κ2) is 7.06. The van der Waals surface area contributed by atoms with E-state index in [-0.39, 0.29) is 18.6 Å². The molecule has 1 atom stereocenters. The Labute approximate surface area is 73.3 Å². The lowest BCUT2D eigenvalue weighted by molar-refractivity contribution is -0.121. The molecule has 3 N–H and O–H groups in total. The number of carbonyl (C=O) groups is 1. The zero-order chi connectivity index (χ0) is 9.40. The van der Waals surface area contributed by atoms with Gasteiger partial charge in [-0.05, 0) is 13.5 Å². The lowest BCUT2D eigenvalue weighted by atomic mass is 10.3. The Balaban J connectivity index is 3.33. The van der Waals surface area contributed by atoms with E-state index in [2.05, 4.69) is 10.6 Å². The summed E-state index contributed by atoms with van der Waals surface area (Å²) in [6, 6.07) is -0.140. The average Bonchev–Trinajstić information content (AvgIpc) is 2.05. The SMILES string of the molecule is CCNCCC(=O)NC(C)CO. The fourth-order valence-corrected chi connectivity index (χ4v) is 0.771. The van der Waals surface area contributed by atoms with Gasteiger partial charge in [-0.3, -0.25) is 4.79 Å². The van der Waals surface area contributed by atoms with Crippen LogP contribution >= 0.6 is 0 Å². The molecule has 0 aliphatic carbocycles. The Bertz CT molecular complexity index is 128. The molecule has 0 aliphatic rings. The summed E-state index contributed by atoms with van der Waals surface area (Å²) >= 11 is 0. The highest BCUT2D eigenvalue weighted by Gasteiger charge is 2.04. The molecule has 4 heteroatoms. The first-order chi connectivity index (χ1) is 5.70. The molecule has 0 saturated heterocycles. The van der Waals surface area contributed by atoms with Crippen molar-refractivity contribution in [1.29, 1.82) is 0 Å². The topological polar surface area (TPSA) is 61.4 Å². The van der Waals surface area contributed by atoms with Crippen molar-refractivity contribution in [3.63, 3.8) is 0 Å². The van der Waals surface area contributed by atoms with Gasteiger partial charge in [0.1, 0.15) is 0 Å². The summed E-state index contributed by atoms with van der Waals surface area (Å²) in [5, 5.41) is 14.3. The number of rotatable bonds is 6. The molecule has 0 bridgehead atoms. The molecule has 0 saturated carbocycles. The summed E-state index contributed by atoms with van der Waals surface area (Å²) < 4.78 is 0. The van der Waals surface area contributed by atoms with Crippen LogP contribution in [0.15, 0.2) is 0 Å². The number of nitrogens with one attached hydrogen (secondary N) is 2. The number of hydrogen-bond acceptors (Lipinski definition) is 3. The number of aliphatic hydroxyl groups is 1. The van der Waals surface area contributed by atoms with Crippen LogP contribution < -0.4 is 10.6 Å². The predicted octanol–water partition coefficient (Wildman–Crippen LogP) is -0.517. The molecule has 1 unspecified atom stereocenters. The van der Waals surface area contributed by atoms with Crippen LogP contribution in [0.4, 0.5) is 0 Å². The van der Waals surface area contributed by atoms with Gasteiger partial charge in [0.15, 0.2) is 0 Å². The monoisotopic (exact) mass is 174 g/mol. The van der Waals surface area contributed by atoms with E-state index in [1.165, 1.54) is 0 Å². The van der Waals surface area contributed by atoms with Crippen LogP contribution in [0.5, 0.6) is 0 Å². The zero-order valence-corrected chi connectivity index (χ0v) is 7.76. The molecular formula is C8H18N2O2. The molecule has 12 heavy (non-hydrogen) atoms. The van der Waals surface area contributed by atoms with E-state index < -0.39 is 0 Å². The quantitative estimate of drug-likeness (QED) is 0.475. The average molecular weight is 174 g/mol. The highest BCUT2D eigenvalue weighted by Crippen LogP contribution is 1.82. The van der Waals surface area contributed by atoms with Gasteiger partial charge in [-0.15, -0.1) is 0 Å². The van der Waals surface area contributed by atoms with Gasteiger partial charge in [0.25, 0.3) is 0 Å². The van der Waals surface area contributed by atoms with Crippen LogP contribution in [0, 0.1) is 0 Å². The first-order valence-corrected chi connectivity index (χ1v) is 4.31. The van der Waals surface area contributed by atoms with Crippen molar-refractivity contribution in [3.05, 3.63) is 0 Å². The molecule has 72 valence electrons. The van der Waals surface area contributed by atoms with E-state index in [4.69, 9.17) is 5.11 Å². The summed E-state index contributed by atoms with van der Waals surface area (Å²) in [7, 11) is 0. The fourth-order valence-electron chi connectivity index (χ4n) is 0.771. The van der Waals surface area contributed by atoms with E-state index in [1.54, 1.807) is 6.92 Å². The lowest BCUT2D eigenvalue weighted by Gasteiger charge is -2.10. The molecule has 0 aliphatic heterocycles. The molecule has 4 nitrogen and oxygen atoms in total. The maximum absolute atomic E-state index is 11.0. The zero-order valence-electron chi connectivity index (χ0n) is 7.76. The van der Waals surface area contributed by atoms with Gasteiger partial charge >= 0.3 is 0 Å². The van der Waals surface area contributed by atoms with Gasteiger partial charge in [-0.1, -0.05) is 6.92 Å². The standard InChI is InChI=1S/C8H18N2O2/c1-3-9-5-4-8(12)10-7(2)6-11/h7,9,11H,3-6H2,1-2H3,(H,10,12). The Morgan fingerprint density at radius 2 is 2.25 bits per heavy atom. The van der Waals surface area contributed by atoms with Crippen LogP contribution in [-0.2, 0) is 4.79 Å². The fraction of sp³-hybridized carbons (Fsp3) is 0.875. The van der Waals surface area contributed by atoms with Crippen molar-refractivity contribution in [3.8, 4) is 0 Å². The van der Waals surface area contributed by atoms with Crippen molar-refractivity contribution in [2.75, 3.05) is 19.7 Å². The molecule has 1 amide bonds. The Kier molecular flexibility index (Phi) is 6.70. The van der Waals surface area contributed by atoms with Crippen LogP contribution in [0.25, 0.3) is 0 Å². The smallest absolute Gasteiger partial charge is 0.221 e. The molecule has 0 aromatic carbocycles. The molecule has 0 fully saturated rings. The molecule has 0 aromatic rings. The van der Waals surface area contributed by atoms with Crippen LogP contribution in [0.3, 0.4) is 0 Å². The van der Waals surface area contributed by atoms with Gasteiger partial charge in [-0.2, -0.15) is 0 Å². The molecular weight excluding hydrogens is 156 g/mol. The van der Waals surface area contributed by atoms with Crippen molar-refractivity contribution in [2.45, 2.75) is 26.3 Å². The number of amides is 1. The number of carbonyl (C=O) groups excluding carboxylic acids is 1. The number of aliphatic hydroxyl groups excluding tert-OH is 1. The van der Waals surface area contributed by atoms with Gasteiger partial charge in [0.2, 0.25) is 5.91 Å². The van der Waals surface area contributed by atoms with Crippen molar-refractivity contribution in [1.82, 2.24) is 10.6 Å². The molecule has 0 rings (SSSR count). The highest BCUT2D eigenvalue weighted by molar-refractivity contribution is 5.76. The van der Waals surface area contributed by atoms with E-state index in [0.717, 1.165) is 6.54 Å². The minimum Gasteiger partial charge on any atom is -0.394 e. The van der Waals surface area contributed by atoms with Crippen LogP contribution in [0.1, 0.15) is 20.3 Å². The predicted molar refractivity (Wildman–Crippen MR) is 47.9 cm³/mol. The molecule has 0 spiro atoms. The molecule has 0 radical (unpaired) electrons. The van der Waals surface area contributed by atoms with Crippen LogP contribution in [-0.4, -0.2) is 36.8 Å². The maximum atomic E-state index is 11.0. The third-order valence-corrected chi connectivity index (χ3v) is 1.46. The third-order valence-electron chi connectivity index (χ3n) is 1.46.